The third-order valence-corrected chi connectivity index (χ3v) is 6.28. The van der Waals surface area contributed by atoms with E-state index in [1.165, 1.54) is 4.70 Å². The van der Waals surface area contributed by atoms with Crippen molar-refractivity contribution >= 4 is 33.6 Å². The number of hydrogen-bond acceptors (Lipinski definition) is 6. The summed E-state index contributed by atoms with van der Waals surface area (Å²) in [6.45, 7) is 3.69. The van der Waals surface area contributed by atoms with Crippen molar-refractivity contribution in [3.8, 4) is 0 Å². The zero-order valence-corrected chi connectivity index (χ0v) is 16.7. The molecule has 1 fully saturated rings. The molecule has 4 rings (SSSR count). The first-order valence-corrected chi connectivity index (χ1v) is 10.5. The van der Waals surface area contributed by atoms with Gasteiger partial charge in [0.25, 0.3) is 0 Å². The first-order chi connectivity index (χ1) is 13.7. The van der Waals surface area contributed by atoms with E-state index in [4.69, 9.17) is 9.72 Å². The molecular weight excluding hydrogens is 376 g/mol. The molecule has 0 spiro atoms. The number of aromatic nitrogens is 1. The minimum atomic E-state index is -0.376. The summed E-state index contributed by atoms with van der Waals surface area (Å²) in [6, 6.07) is 8.08. The normalized spacial score (nSPS) is 20.8. The summed E-state index contributed by atoms with van der Waals surface area (Å²) >= 11 is 1.73. The van der Waals surface area contributed by atoms with Crippen molar-refractivity contribution in [2.45, 2.75) is 32.2 Å². The van der Waals surface area contributed by atoms with Gasteiger partial charge in [-0.2, -0.15) is 0 Å². The van der Waals surface area contributed by atoms with Gasteiger partial charge in [0.2, 0.25) is 0 Å². The Labute approximate surface area is 167 Å². The largest absolute Gasteiger partial charge is 0.463 e. The van der Waals surface area contributed by atoms with Gasteiger partial charge in [0, 0.05) is 12.2 Å². The number of thiazole rings is 1. The van der Waals surface area contributed by atoms with E-state index in [9.17, 15) is 9.59 Å². The highest BCUT2D eigenvalue weighted by Gasteiger charge is 2.31. The molecule has 1 saturated heterocycles. The molecule has 2 amide bonds. The number of nitrogens with zero attached hydrogens (tertiary/aromatic N) is 2. The average molecular weight is 401 g/mol. The van der Waals surface area contributed by atoms with Crippen LogP contribution in [0.3, 0.4) is 0 Å². The zero-order chi connectivity index (χ0) is 19.5. The van der Waals surface area contributed by atoms with Crippen LogP contribution >= 0.6 is 11.3 Å². The number of rotatable bonds is 5. The van der Waals surface area contributed by atoms with Gasteiger partial charge < -0.3 is 15.4 Å². The molecule has 0 radical (unpaired) electrons. The molecule has 0 saturated carbocycles. The molecule has 1 aromatic carbocycles. The number of piperidine rings is 1. The van der Waals surface area contributed by atoms with Crippen molar-refractivity contribution in [2.24, 2.45) is 0 Å². The van der Waals surface area contributed by atoms with E-state index in [0.717, 1.165) is 36.3 Å². The lowest BCUT2D eigenvalue weighted by molar-refractivity contribution is -0.138. The van der Waals surface area contributed by atoms with Gasteiger partial charge >= 0.3 is 12.0 Å². The second-order valence-electron chi connectivity index (χ2n) is 6.99. The van der Waals surface area contributed by atoms with Gasteiger partial charge in [0.05, 0.1) is 35.0 Å². The summed E-state index contributed by atoms with van der Waals surface area (Å²) in [7, 11) is 0. The van der Waals surface area contributed by atoms with Crippen LogP contribution in [0.4, 0.5) is 4.79 Å². The van der Waals surface area contributed by atoms with Gasteiger partial charge in [-0.1, -0.05) is 18.6 Å². The molecule has 3 heterocycles. The molecule has 1 aromatic heterocycles. The van der Waals surface area contributed by atoms with Crippen molar-refractivity contribution in [3.05, 3.63) is 40.5 Å². The lowest BCUT2D eigenvalue weighted by Gasteiger charge is -2.36. The fourth-order valence-electron chi connectivity index (χ4n) is 3.78. The van der Waals surface area contributed by atoms with Crippen LogP contribution in [-0.2, 0) is 9.53 Å². The van der Waals surface area contributed by atoms with E-state index in [1.807, 2.05) is 18.2 Å². The van der Waals surface area contributed by atoms with E-state index in [0.29, 0.717) is 24.4 Å². The molecule has 148 valence electrons. The maximum atomic E-state index is 12.3. The van der Waals surface area contributed by atoms with Gasteiger partial charge in [-0.15, -0.1) is 11.3 Å². The molecule has 2 aliphatic heterocycles. The lowest BCUT2D eigenvalue weighted by Crippen LogP contribution is -2.47. The van der Waals surface area contributed by atoms with Crippen LogP contribution in [0.2, 0.25) is 0 Å². The quantitative estimate of drug-likeness (QED) is 0.754. The summed E-state index contributed by atoms with van der Waals surface area (Å²) in [6.07, 6.45) is 3.26. The van der Waals surface area contributed by atoms with Gasteiger partial charge in [0.15, 0.2) is 0 Å². The van der Waals surface area contributed by atoms with Crippen molar-refractivity contribution in [2.75, 3.05) is 26.2 Å². The zero-order valence-electron chi connectivity index (χ0n) is 15.9. The lowest BCUT2D eigenvalue weighted by atomic mass is 10.0. The predicted octanol–water partition coefficient (Wildman–Crippen LogP) is 2.95. The number of ether oxygens (including phenoxy) is 1. The van der Waals surface area contributed by atoms with Gasteiger partial charge in [0.1, 0.15) is 5.01 Å². The summed E-state index contributed by atoms with van der Waals surface area (Å²) in [4.78, 5) is 31.4. The molecule has 8 heteroatoms. The smallest absolute Gasteiger partial charge is 0.337 e. The second kappa shape index (κ2) is 8.28. The Hall–Kier alpha value is -2.45. The SMILES string of the molecule is CCOC(=O)C1=C(CN2CCCC[C@H]2c2nc3ccccc3s2)NC(=O)NC1. The summed E-state index contributed by atoms with van der Waals surface area (Å²) < 4.78 is 6.36. The number of hydrogen-bond donors (Lipinski definition) is 2. The Morgan fingerprint density at radius 3 is 3.04 bits per heavy atom. The van der Waals surface area contributed by atoms with Crippen LogP contribution in [0.25, 0.3) is 10.2 Å². The monoisotopic (exact) mass is 400 g/mol. The average Bonchev–Trinajstić information content (AvgIpc) is 3.13. The number of benzene rings is 1. The van der Waals surface area contributed by atoms with Crippen LogP contribution in [0.1, 0.15) is 37.2 Å². The number of amides is 2. The highest BCUT2D eigenvalue weighted by atomic mass is 32.1. The summed E-state index contributed by atoms with van der Waals surface area (Å²) in [5, 5.41) is 6.58. The Bertz CT molecular complexity index is 890. The first-order valence-electron chi connectivity index (χ1n) is 9.69. The third kappa shape index (κ3) is 3.88. The van der Waals surface area contributed by atoms with E-state index < -0.39 is 0 Å². The number of nitrogens with one attached hydrogen (secondary N) is 2. The number of esters is 1. The van der Waals surface area contributed by atoms with Crippen LogP contribution in [0.15, 0.2) is 35.5 Å². The molecule has 28 heavy (non-hydrogen) atoms. The Balaban J connectivity index is 1.61. The Morgan fingerprint density at radius 2 is 2.21 bits per heavy atom. The molecule has 2 N–H and O–H groups in total. The fourth-order valence-corrected chi connectivity index (χ4v) is 4.91. The van der Waals surface area contributed by atoms with Crippen molar-refractivity contribution < 1.29 is 14.3 Å². The Kier molecular flexibility index (Phi) is 5.59. The molecule has 0 unspecified atom stereocenters. The fraction of sp³-hybridized carbons (Fsp3) is 0.450. The highest BCUT2D eigenvalue weighted by molar-refractivity contribution is 7.18. The van der Waals surface area contributed by atoms with Crippen molar-refractivity contribution in [1.82, 2.24) is 20.5 Å². The van der Waals surface area contributed by atoms with Crippen LogP contribution in [0.5, 0.6) is 0 Å². The topological polar surface area (TPSA) is 83.6 Å². The van der Waals surface area contributed by atoms with E-state index >= 15 is 0 Å². The molecule has 1 atom stereocenters. The van der Waals surface area contributed by atoms with E-state index in [2.05, 4.69) is 21.6 Å². The number of urea groups is 1. The molecule has 7 nitrogen and oxygen atoms in total. The third-order valence-electron chi connectivity index (χ3n) is 5.15. The van der Waals surface area contributed by atoms with Crippen molar-refractivity contribution in [3.63, 3.8) is 0 Å². The predicted molar refractivity (Wildman–Crippen MR) is 108 cm³/mol. The number of likely N-dealkylation sites (tertiary alicyclic amines) is 1. The molecular formula is C20H24N4O3S. The number of fused-ring (bicyclic) bond motifs is 1. The molecule has 2 aliphatic rings. The standard InChI is InChI=1S/C20H24N4O3S/c1-2-27-19(25)13-11-21-20(26)23-15(13)12-24-10-6-5-8-16(24)18-22-14-7-3-4-9-17(14)28-18/h3-4,7,9,16H,2,5-6,8,10-12H2,1H3,(H2,21,23,26)/t16-/m0/s1. The minimum absolute atomic E-state index is 0.189. The van der Waals surface area contributed by atoms with Crippen molar-refractivity contribution in [1.29, 1.82) is 0 Å². The highest BCUT2D eigenvalue weighted by Crippen LogP contribution is 2.36. The van der Waals surface area contributed by atoms with Crippen LogP contribution < -0.4 is 10.6 Å². The van der Waals surface area contributed by atoms with E-state index in [1.54, 1.807) is 18.3 Å². The maximum absolute atomic E-state index is 12.3. The van der Waals surface area contributed by atoms with Crippen LogP contribution in [0, 0.1) is 0 Å². The maximum Gasteiger partial charge on any atom is 0.337 e. The number of para-hydroxylation sites is 1. The molecule has 2 aromatic rings. The molecule has 0 aliphatic carbocycles. The number of carbonyl (C=O) groups excluding carboxylic acids is 2. The summed E-state index contributed by atoms with van der Waals surface area (Å²) in [5.41, 5.74) is 2.15. The second-order valence-corrected chi connectivity index (χ2v) is 8.05. The van der Waals surface area contributed by atoms with Gasteiger partial charge in [-0.25, -0.2) is 14.6 Å². The number of carbonyl (C=O) groups is 2. The molecule has 0 bridgehead atoms. The first kappa shape index (κ1) is 18.9. The minimum Gasteiger partial charge on any atom is -0.463 e. The van der Waals surface area contributed by atoms with Gasteiger partial charge in [-0.3, -0.25) is 4.90 Å². The van der Waals surface area contributed by atoms with E-state index in [-0.39, 0.29) is 24.6 Å². The summed E-state index contributed by atoms with van der Waals surface area (Å²) in [5.74, 6) is -0.376. The van der Waals surface area contributed by atoms with Crippen LogP contribution in [-0.4, -0.2) is 48.1 Å². The Morgan fingerprint density at radius 1 is 1.36 bits per heavy atom. The van der Waals surface area contributed by atoms with Gasteiger partial charge in [-0.05, 0) is 38.4 Å².